The molecule has 0 unspecified atom stereocenters. The highest BCUT2D eigenvalue weighted by Gasteiger charge is 2.23. The van der Waals surface area contributed by atoms with E-state index in [9.17, 15) is 9.59 Å². The van der Waals surface area contributed by atoms with E-state index < -0.39 is 11.8 Å². The van der Waals surface area contributed by atoms with Crippen molar-refractivity contribution < 1.29 is 14.1 Å². The second-order valence-corrected chi connectivity index (χ2v) is 7.19. The molecule has 24 heavy (non-hydrogen) atoms. The number of aromatic nitrogens is 1. The van der Waals surface area contributed by atoms with Gasteiger partial charge in [0.05, 0.1) is 6.54 Å². The van der Waals surface area contributed by atoms with Crippen LogP contribution in [0.2, 0.25) is 0 Å². The Labute approximate surface area is 145 Å². The molecule has 0 fully saturated rings. The Morgan fingerprint density at radius 2 is 2.00 bits per heavy atom. The summed E-state index contributed by atoms with van der Waals surface area (Å²) < 4.78 is 4.89. The average Bonchev–Trinajstić information content (AvgIpc) is 3.11. The zero-order valence-electron chi connectivity index (χ0n) is 14.3. The van der Waals surface area contributed by atoms with Gasteiger partial charge in [-0.2, -0.15) is 0 Å². The lowest BCUT2D eigenvalue weighted by Gasteiger charge is -2.23. The van der Waals surface area contributed by atoms with Crippen molar-refractivity contribution in [2.75, 3.05) is 32.5 Å². The normalized spacial score (nSPS) is 10.9. The number of carbonyl (C=O) groups is 2. The lowest BCUT2D eigenvalue weighted by Crippen LogP contribution is -2.42. The first-order valence-corrected chi connectivity index (χ1v) is 8.40. The Kier molecular flexibility index (Phi) is 6.10. The maximum absolute atomic E-state index is 12.5. The third-order valence-electron chi connectivity index (χ3n) is 3.31. The van der Waals surface area contributed by atoms with Gasteiger partial charge in [0, 0.05) is 28.9 Å². The fraction of sp³-hybridized carbons (Fsp3) is 0.438. The van der Waals surface area contributed by atoms with E-state index in [0.717, 1.165) is 4.88 Å². The van der Waals surface area contributed by atoms with Crippen molar-refractivity contribution in [1.29, 1.82) is 0 Å². The van der Waals surface area contributed by atoms with Crippen LogP contribution >= 0.6 is 11.3 Å². The molecule has 2 heterocycles. The van der Waals surface area contributed by atoms with Crippen molar-refractivity contribution >= 4 is 29.0 Å². The SMILES string of the molecule is Cc1cc(NC(=O)C(=O)N(CCN(C)C)Cc2ccc(C)s2)no1. The Morgan fingerprint density at radius 3 is 2.54 bits per heavy atom. The summed E-state index contributed by atoms with van der Waals surface area (Å²) in [6, 6.07) is 5.56. The number of nitrogens with one attached hydrogen (secondary N) is 1. The molecule has 2 rings (SSSR count). The number of likely N-dealkylation sites (N-methyl/N-ethyl adjacent to an activating group) is 1. The van der Waals surface area contributed by atoms with Gasteiger partial charge in [0.1, 0.15) is 5.76 Å². The molecule has 0 aliphatic heterocycles. The fourth-order valence-corrected chi connectivity index (χ4v) is 2.98. The van der Waals surface area contributed by atoms with E-state index in [4.69, 9.17) is 4.52 Å². The molecule has 7 nitrogen and oxygen atoms in total. The van der Waals surface area contributed by atoms with Crippen LogP contribution in [-0.2, 0) is 16.1 Å². The number of anilines is 1. The molecule has 0 radical (unpaired) electrons. The minimum Gasteiger partial charge on any atom is -0.360 e. The zero-order valence-corrected chi connectivity index (χ0v) is 15.1. The summed E-state index contributed by atoms with van der Waals surface area (Å²) in [6.07, 6.45) is 0. The molecule has 1 N–H and O–H groups in total. The Bertz CT molecular complexity index is 708. The van der Waals surface area contributed by atoms with Crippen LogP contribution < -0.4 is 5.32 Å². The maximum Gasteiger partial charge on any atom is 0.315 e. The molecule has 2 aromatic rings. The quantitative estimate of drug-likeness (QED) is 0.805. The molecule has 0 saturated heterocycles. The lowest BCUT2D eigenvalue weighted by atomic mass is 10.3. The molecule has 0 bridgehead atoms. The van der Waals surface area contributed by atoms with E-state index in [1.165, 1.54) is 4.88 Å². The highest BCUT2D eigenvalue weighted by Crippen LogP contribution is 2.17. The molecular weight excluding hydrogens is 328 g/mol. The monoisotopic (exact) mass is 350 g/mol. The zero-order chi connectivity index (χ0) is 17.7. The molecule has 2 amide bonds. The lowest BCUT2D eigenvalue weighted by molar-refractivity contribution is -0.143. The van der Waals surface area contributed by atoms with Crippen LogP contribution in [0.15, 0.2) is 22.7 Å². The average molecular weight is 350 g/mol. The van der Waals surface area contributed by atoms with Gasteiger partial charge >= 0.3 is 11.8 Å². The van der Waals surface area contributed by atoms with Crippen LogP contribution in [0.1, 0.15) is 15.5 Å². The standard InChI is InChI=1S/C16H22N4O3S/c1-11-9-14(18-23-11)17-15(21)16(22)20(8-7-19(3)4)10-13-6-5-12(2)24-13/h5-6,9H,7-8,10H2,1-4H3,(H,17,18,21). The van der Waals surface area contributed by atoms with Crippen molar-refractivity contribution in [2.24, 2.45) is 0 Å². The number of amides is 2. The summed E-state index contributed by atoms with van der Waals surface area (Å²) in [4.78, 5) is 30.5. The van der Waals surface area contributed by atoms with Crippen LogP contribution in [0.4, 0.5) is 5.82 Å². The molecule has 130 valence electrons. The predicted molar refractivity (Wildman–Crippen MR) is 92.9 cm³/mol. The van der Waals surface area contributed by atoms with Crippen LogP contribution in [-0.4, -0.2) is 54.0 Å². The first-order chi connectivity index (χ1) is 11.3. The Hall–Kier alpha value is -2.19. The predicted octanol–water partition coefficient (Wildman–Crippen LogP) is 1.88. The van der Waals surface area contributed by atoms with Crippen molar-refractivity contribution in [1.82, 2.24) is 15.0 Å². The summed E-state index contributed by atoms with van der Waals surface area (Å²) in [5.74, 6) is -0.486. The third kappa shape index (κ3) is 5.17. The second-order valence-electron chi connectivity index (χ2n) is 5.82. The highest BCUT2D eigenvalue weighted by molar-refractivity contribution is 7.11. The number of hydrogen-bond acceptors (Lipinski definition) is 6. The molecule has 0 aliphatic carbocycles. The van der Waals surface area contributed by atoms with Crippen LogP contribution in [0.5, 0.6) is 0 Å². The Morgan fingerprint density at radius 1 is 1.25 bits per heavy atom. The largest absolute Gasteiger partial charge is 0.360 e. The maximum atomic E-state index is 12.5. The summed E-state index contributed by atoms with van der Waals surface area (Å²) in [6.45, 7) is 5.28. The molecule has 2 aromatic heterocycles. The van der Waals surface area contributed by atoms with E-state index in [-0.39, 0.29) is 5.82 Å². The van der Waals surface area contributed by atoms with Crippen molar-refractivity contribution in [2.45, 2.75) is 20.4 Å². The minimum absolute atomic E-state index is 0.241. The summed E-state index contributed by atoms with van der Waals surface area (Å²) >= 11 is 1.62. The summed E-state index contributed by atoms with van der Waals surface area (Å²) in [5.41, 5.74) is 0. The first kappa shape index (κ1) is 18.2. The van der Waals surface area contributed by atoms with Crippen molar-refractivity contribution in [3.8, 4) is 0 Å². The van der Waals surface area contributed by atoms with Crippen LogP contribution in [0.25, 0.3) is 0 Å². The van der Waals surface area contributed by atoms with Crippen molar-refractivity contribution in [3.05, 3.63) is 33.7 Å². The number of thiophene rings is 1. The number of nitrogens with zero attached hydrogens (tertiary/aromatic N) is 3. The minimum atomic E-state index is -0.713. The number of aryl methyl sites for hydroxylation is 2. The van der Waals surface area contributed by atoms with Gasteiger partial charge in [0.2, 0.25) is 0 Å². The molecule has 0 spiro atoms. The fourth-order valence-electron chi connectivity index (χ4n) is 2.07. The number of carbonyl (C=O) groups excluding carboxylic acids is 2. The van der Waals surface area contributed by atoms with Gasteiger partial charge in [0.15, 0.2) is 5.82 Å². The number of hydrogen-bond donors (Lipinski definition) is 1. The molecule has 0 atom stereocenters. The molecule has 8 heteroatoms. The summed E-state index contributed by atoms with van der Waals surface area (Å²) in [7, 11) is 3.85. The van der Waals surface area contributed by atoms with Gasteiger partial charge < -0.3 is 14.3 Å². The van der Waals surface area contributed by atoms with Gasteiger partial charge in [-0.1, -0.05) is 5.16 Å². The van der Waals surface area contributed by atoms with E-state index in [1.807, 2.05) is 38.1 Å². The van der Waals surface area contributed by atoms with Gasteiger partial charge in [-0.05, 0) is 40.1 Å². The smallest absolute Gasteiger partial charge is 0.315 e. The topological polar surface area (TPSA) is 78.7 Å². The van der Waals surface area contributed by atoms with Gasteiger partial charge in [0.25, 0.3) is 0 Å². The highest BCUT2D eigenvalue weighted by atomic mass is 32.1. The Balaban J connectivity index is 2.05. The van der Waals surface area contributed by atoms with Gasteiger partial charge in [-0.25, -0.2) is 0 Å². The van der Waals surface area contributed by atoms with E-state index in [0.29, 0.717) is 25.4 Å². The molecule has 0 saturated carbocycles. The summed E-state index contributed by atoms with van der Waals surface area (Å²) in [5, 5.41) is 6.15. The van der Waals surface area contributed by atoms with Crippen LogP contribution in [0, 0.1) is 13.8 Å². The molecular formula is C16H22N4O3S. The first-order valence-electron chi connectivity index (χ1n) is 7.59. The van der Waals surface area contributed by atoms with Crippen LogP contribution in [0.3, 0.4) is 0 Å². The van der Waals surface area contributed by atoms with Crippen molar-refractivity contribution in [3.63, 3.8) is 0 Å². The van der Waals surface area contributed by atoms with Gasteiger partial charge in [-0.15, -0.1) is 11.3 Å². The second kappa shape index (κ2) is 8.07. The molecule has 0 aliphatic rings. The van der Waals surface area contributed by atoms with Gasteiger partial charge in [-0.3, -0.25) is 14.9 Å². The van der Waals surface area contributed by atoms with E-state index in [1.54, 1.807) is 29.2 Å². The van der Waals surface area contributed by atoms with E-state index in [2.05, 4.69) is 10.5 Å². The third-order valence-corrected chi connectivity index (χ3v) is 4.30. The van der Waals surface area contributed by atoms with E-state index >= 15 is 0 Å². The number of rotatable bonds is 6. The molecule has 0 aromatic carbocycles.